The standard InChI is InChI=1S/C16H12ClN3/c1-10-9-20-15(17)14(12-6-4-3-5-7-12)11(2)13(8-18)16(20)19-10/h3-7,9H,1-2H3. The van der Waals surface area contributed by atoms with E-state index in [0.29, 0.717) is 16.4 Å². The summed E-state index contributed by atoms with van der Waals surface area (Å²) < 4.78 is 1.78. The van der Waals surface area contributed by atoms with Crippen LogP contribution in [0.5, 0.6) is 0 Å². The highest BCUT2D eigenvalue weighted by molar-refractivity contribution is 6.32. The molecule has 0 aliphatic carbocycles. The lowest BCUT2D eigenvalue weighted by Crippen LogP contribution is -1.98. The van der Waals surface area contributed by atoms with E-state index >= 15 is 0 Å². The quantitative estimate of drug-likeness (QED) is 0.629. The zero-order chi connectivity index (χ0) is 14.3. The van der Waals surface area contributed by atoms with Gasteiger partial charge < -0.3 is 0 Å². The first-order valence-corrected chi connectivity index (χ1v) is 6.64. The first-order chi connectivity index (χ1) is 9.63. The van der Waals surface area contributed by atoms with Gasteiger partial charge in [0, 0.05) is 11.8 Å². The van der Waals surface area contributed by atoms with Crippen LogP contribution in [0.2, 0.25) is 5.15 Å². The maximum absolute atomic E-state index is 9.44. The molecule has 2 aromatic heterocycles. The van der Waals surface area contributed by atoms with E-state index in [4.69, 9.17) is 11.6 Å². The molecule has 3 nitrogen and oxygen atoms in total. The number of aromatic nitrogens is 2. The third-order valence-electron chi connectivity index (χ3n) is 3.39. The van der Waals surface area contributed by atoms with Crippen molar-refractivity contribution >= 4 is 17.2 Å². The van der Waals surface area contributed by atoms with E-state index in [1.807, 2.05) is 50.4 Å². The van der Waals surface area contributed by atoms with Gasteiger partial charge >= 0.3 is 0 Å². The molecule has 3 rings (SSSR count). The molecule has 0 aliphatic heterocycles. The van der Waals surface area contributed by atoms with Crippen molar-refractivity contribution in [1.29, 1.82) is 5.26 Å². The van der Waals surface area contributed by atoms with Crippen LogP contribution in [0.25, 0.3) is 16.8 Å². The molecular formula is C16H12ClN3. The number of benzene rings is 1. The van der Waals surface area contributed by atoms with Crippen molar-refractivity contribution in [2.24, 2.45) is 0 Å². The van der Waals surface area contributed by atoms with Gasteiger partial charge in [-0.15, -0.1) is 0 Å². The van der Waals surface area contributed by atoms with E-state index < -0.39 is 0 Å². The molecule has 0 fully saturated rings. The number of rotatable bonds is 1. The van der Waals surface area contributed by atoms with Crippen LogP contribution >= 0.6 is 11.6 Å². The first-order valence-electron chi connectivity index (χ1n) is 6.26. The molecule has 0 amide bonds. The van der Waals surface area contributed by atoms with Crippen molar-refractivity contribution in [3.05, 3.63) is 58.5 Å². The van der Waals surface area contributed by atoms with Gasteiger partial charge in [0.1, 0.15) is 11.2 Å². The van der Waals surface area contributed by atoms with E-state index in [2.05, 4.69) is 11.1 Å². The third kappa shape index (κ3) is 1.77. The fourth-order valence-corrected chi connectivity index (χ4v) is 2.85. The molecule has 0 spiro atoms. The third-order valence-corrected chi connectivity index (χ3v) is 3.76. The van der Waals surface area contributed by atoms with Crippen LogP contribution < -0.4 is 0 Å². The van der Waals surface area contributed by atoms with Crippen LogP contribution in [0.1, 0.15) is 16.8 Å². The SMILES string of the molecule is Cc1cn2c(Cl)c(-c3ccccc3)c(C)c(C#N)c2n1. The molecule has 0 aliphatic rings. The summed E-state index contributed by atoms with van der Waals surface area (Å²) in [5.41, 5.74) is 4.77. The molecule has 0 bridgehead atoms. The van der Waals surface area contributed by atoms with Crippen LogP contribution in [0.3, 0.4) is 0 Å². The van der Waals surface area contributed by atoms with Gasteiger partial charge in [-0.25, -0.2) is 4.98 Å². The van der Waals surface area contributed by atoms with Crippen molar-refractivity contribution in [2.45, 2.75) is 13.8 Å². The van der Waals surface area contributed by atoms with Gasteiger partial charge in [-0.05, 0) is 25.0 Å². The first kappa shape index (κ1) is 12.7. The van der Waals surface area contributed by atoms with Crippen LogP contribution in [-0.2, 0) is 0 Å². The summed E-state index contributed by atoms with van der Waals surface area (Å²) in [6.45, 7) is 3.80. The van der Waals surface area contributed by atoms with Gasteiger partial charge in [-0.1, -0.05) is 41.9 Å². The number of nitriles is 1. The number of hydrogen-bond acceptors (Lipinski definition) is 2. The molecule has 0 saturated heterocycles. The Morgan fingerprint density at radius 1 is 1.20 bits per heavy atom. The fourth-order valence-electron chi connectivity index (χ4n) is 2.47. The Morgan fingerprint density at radius 2 is 1.90 bits per heavy atom. The lowest BCUT2D eigenvalue weighted by Gasteiger charge is -2.12. The minimum absolute atomic E-state index is 0.571. The van der Waals surface area contributed by atoms with Gasteiger partial charge in [-0.2, -0.15) is 5.26 Å². The lowest BCUT2D eigenvalue weighted by molar-refractivity contribution is 1.16. The van der Waals surface area contributed by atoms with Crippen LogP contribution in [0.15, 0.2) is 36.5 Å². The topological polar surface area (TPSA) is 41.1 Å². The van der Waals surface area contributed by atoms with E-state index in [9.17, 15) is 5.26 Å². The van der Waals surface area contributed by atoms with Gasteiger partial charge in [0.2, 0.25) is 0 Å². The van der Waals surface area contributed by atoms with E-state index in [1.165, 1.54) is 0 Å². The minimum Gasteiger partial charge on any atom is -0.288 e. The highest BCUT2D eigenvalue weighted by atomic mass is 35.5. The maximum Gasteiger partial charge on any atom is 0.156 e. The van der Waals surface area contributed by atoms with Crippen LogP contribution in [0.4, 0.5) is 0 Å². The van der Waals surface area contributed by atoms with Crippen molar-refractivity contribution < 1.29 is 0 Å². The summed E-state index contributed by atoms with van der Waals surface area (Å²) >= 11 is 6.54. The van der Waals surface area contributed by atoms with Crippen molar-refractivity contribution in [2.75, 3.05) is 0 Å². The Balaban J connectivity index is 2.47. The second-order valence-electron chi connectivity index (χ2n) is 4.72. The molecule has 0 atom stereocenters. The number of nitrogens with zero attached hydrogens (tertiary/aromatic N) is 3. The number of pyridine rings is 1. The fraction of sp³-hybridized carbons (Fsp3) is 0.125. The average Bonchev–Trinajstić information content (AvgIpc) is 2.82. The summed E-state index contributed by atoms with van der Waals surface area (Å²) in [5.74, 6) is 0. The maximum atomic E-state index is 9.44. The van der Waals surface area contributed by atoms with Crippen molar-refractivity contribution in [3.63, 3.8) is 0 Å². The Labute approximate surface area is 122 Å². The zero-order valence-corrected chi connectivity index (χ0v) is 11.9. The molecule has 2 heterocycles. The highest BCUT2D eigenvalue weighted by Crippen LogP contribution is 2.34. The number of hydrogen-bond donors (Lipinski definition) is 0. The molecule has 1 aromatic carbocycles. The van der Waals surface area contributed by atoms with Gasteiger partial charge in [0.15, 0.2) is 5.65 Å². The summed E-state index contributed by atoms with van der Waals surface area (Å²) in [7, 11) is 0. The summed E-state index contributed by atoms with van der Waals surface area (Å²) in [4.78, 5) is 4.40. The van der Waals surface area contributed by atoms with E-state index in [1.54, 1.807) is 4.40 Å². The smallest absolute Gasteiger partial charge is 0.156 e. The van der Waals surface area contributed by atoms with Gasteiger partial charge in [0.05, 0.1) is 11.3 Å². The molecule has 0 N–H and O–H groups in total. The summed E-state index contributed by atoms with van der Waals surface area (Å²) in [5, 5.41) is 10.0. The van der Waals surface area contributed by atoms with E-state index in [-0.39, 0.29) is 0 Å². The summed E-state index contributed by atoms with van der Waals surface area (Å²) in [6.07, 6.45) is 1.85. The molecule has 98 valence electrons. The lowest BCUT2D eigenvalue weighted by atomic mass is 9.99. The largest absolute Gasteiger partial charge is 0.288 e. The number of halogens is 1. The predicted molar refractivity (Wildman–Crippen MR) is 79.8 cm³/mol. The van der Waals surface area contributed by atoms with E-state index in [0.717, 1.165) is 22.4 Å². The Morgan fingerprint density at radius 3 is 2.55 bits per heavy atom. The monoisotopic (exact) mass is 281 g/mol. The molecule has 4 heteroatoms. The molecule has 0 saturated carbocycles. The molecule has 3 aromatic rings. The molecule has 0 unspecified atom stereocenters. The molecule has 20 heavy (non-hydrogen) atoms. The Bertz CT molecular complexity index is 842. The predicted octanol–water partition coefficient (Wildman–Crippen LogP) is 4.14. The summed E-state index contributed by atoms with van der Waals surface area (Å²) in [6, 6.07) is 12.1. The van der Waals surface area contributed by atoms with Crippen molar-refractivity contribution in [3.8, 4) is 17.2 Å². The minimum atomic E-state index is 0.571. The second-order valence-corrected chi connectivity index (χ2v) is 5.08. The Kier molecular flexibility index (Phi) is 2.96. The normalized spacial score (nSPS) is 10.7. The van der Waals surface area contributed by atoms with Gasteiger partial charge in [-0.3, -0.25) is 4.40 Å². The molecule has 0 radical (unpaired) electrons. The average molecular weight is 282 g/mol. The second kappa shape index (κ2) is 4.66. The number of fused-ring (bicyclic) bond motifs is 1. The number of aryl methyl sites for hydroxylation is 1. The molecular weight excluding hydrogens is 270 g/mol. The zero-order valence-electron chi connectivity index (χ0n) is 11.2. The highest BCUT2D eigenvalue weighted by Gasteiger charge is 2.18. The Hall–Kier alpha value is -2.31. The van der Waals surface area contributed by atoms with Crippen LogP contribution in [-0.4, -0.2) is 9.38 Å². The number of imidazole rings is 1. The van der Waals surface area contributed by atoms with Crippen LogP contribution in [0, 0.1) is 25.2 Å². The van der Waals surface area contributed by atoms with Crippen molar-refractivity contribution in [1.82, 2.24) is 9.38 Å². The van der Waals surface area contributed by atoms with Gasteiger partial charge in [0.25, 0.3) is 0 Å².